The molecule has 0 fully saturated rings. The van der Waals surface area contributed by atoms with Gasteiger partial charge in [-0.1, -0.05) is 40.6 Å². The van der Waals surface area contributed by atoms with E-state index in [1.807, 2.05) is 19.1 Å². The van der Waals surface area contributed by atoms with Crippen molar-refractivity contribution < 1.29 is 13.6 Å². The van der Waals surface area contributed by atoms with Crippen molar-refractivity contribution in [2.24, 2.45) is 0 Å². The summed E-state index contributed by atoms with van der Waals surface area (Å²) in [5.74, 6) is -2.82. The summed E-state index contributed by atoms with van der Waals surface area (Å²) in [5.41, 5.74) is 0.998. The van der Waals surface area contributed by atoms with Crippen molar-refractivity contribution in [1.29, 1.82) is 0 Å². The molecule has 0 spiro atoms. The molecule has 0 aliphatic carbocycles. The largest absolute Gasteiger partial charge is 0.296 e. The number of hydrogen-bond acceptors (Lipinski definition) is 4. The van der Waals surface area contributed by atoms with Crippen LogP contribution in [0.4, 0.5) is 13.9 Å². The standard InChI is InChI=1S/C16H10ClF2N3OS/c1-8-5-6-10(17)9(7-8)15-21-22-16(24-15)20-14(23)13-11(18)3-2-4-12(13)19/h2-7H,1H3,(H,20,22,23). The van der Waals surface area contributed by atoms with E-state index in [1.54, 1.807) is 6.07 Å². The molecule has 3 rings (SSSR count). The maximum Gasteiger partial charge on any atom is 0.263 e. The van der Waals surface area contributed by atoms with Crippen LogP contribution in [0.5, 0.6) is 0 Å². The maximum absolute atomic E-state index is 13.6. The summed E-state index contributed by atoms with van der Waals surface area (Å²) < 4.78 is 27.2. The number of benzene rings is 2. The molecule has 1 aromatic heterocycles. The second-order valence-electron chi connectivity index (χ2n) is 4.95. The van der Waals surface area contributed by atoms with Gasteiger partial charge in [0, 0.05) is 5.56 Å². The number of amides is 1. The predicted octanol–water partition coefficient (Wildman–Crippen LogP) is 4.70. The fourth-order valence-corrected chi connectivity index (χ4v) is 3.09. The van der Waals surface area contributed by atoms with Crippen LogP contribution in [-0.2, 0) is 0 Å². The summed E-state index contributed by atoms with van der Waals surface area (Å²) in [6.07, 6.45) is 0. The zero-order valence-corrected chi connectivity index (χ0v) is 13.9. The number of aryl methyl sites for hydroxylation is 1. The zero-order chi connectivity index (χ0) is 17.3. The summed E-state index contributed by atoms with van der Waals surface area (Å²) in [5, 5.41) is 11.2. The Balaban J connectivity index is 1.87. The van der Waals surface area contributed by atoms with Crippen LogP contribution in [-0.4, -0.2) is 16.1 Å². The Labute approximate surface area is 145 Å². The zero-order valence-electron chi connectivity index (χ0n) is 12.3. The molecule has 4 nitrogen and oxygen atoms in total. The molecule has 0 unspecified atom stereocenters. The lowest BCUT2D eigenvalue weighted by atomic mass is 10.1. The molecule has 0 bridgehead atoms. The normalized spacial score (nSPS) is 10.7. The minimum atomic E-state index is -0.945. The molecule has 0 aliphatic heterocycles. The van der Waals surface area contributed by atoms with Gasteiger partial charge in [-0.3, -0.25) is 10.1 Å². The molecule has 1 heterocycles. The van der Waals surface area contributed by atoms with E-state index in [1.165, 1.54) is 6.07 Å². The predicted molar refractivity (Wildman–Crippen MR) is 89.4 cm³/mol. The topological polar surface area (TPSA) is 54.9 Å². The van der Waals surface area contributed by atoms with Crippen molar-refractivity contribution in [2.45, 2.75) is 6.92 Å². The van der Waals surface area contributed by atoms with Gasteiger partial charge in [-0.15, -0.1) is 10.2 Å². The smallest absolute Gasteiger partial charge is 0.263 e. The Bertz CT molecular complexity index is 909. The first-order chi connectivity index (χ1) is 11.5. The molecule has 3 aromatic rings. The molecule has 1 amide bonds. The third-order valence-electron chi connectivity index (χ3n) is 3.19. The number of nitrogens with one attached hydrogen (secondary N) is 1. The fraction of sp³-hybridized carbons (Fsp3) is 0.0625. The first kappa shape index (κ1) is 16.5. The molecular formula is C16H10ClF2N3OS. The summed E-state index contributed by atoms with van der Waals surface area (Å²) >= 11 is 7.20. The second-order valence-corrected chi connectivity index (χ2v) is 6.33. The molecule has 0 aliphatic rings. The molecule has 0 saturated heterocycles. The molecule has 0 saturated carbocycles. The van der Waals surface area contributed by atoms with E-state index in [-0.39, 0.29) is 5.13 Å². The average molecular weight is 366 g/mol. The van der Waals surface area contributed by atoms with Gasteiger partial charge in [-0.05, 0) is 31.2 Å². The van der Waals surface area contributed by atoms with Gasteiger partial charge in [0.2, 0.25) is 5.13 Å². The van der Waals surface area contributed by atoms with Crippen LogP contribution >= 0.6 is 22.9 Å². The van der Waals surface area contributed by atoms with Crippen molar-refractivity contribution in [1.82, 2.24) is 10.2 Å². The number of anilines is 1. The van der Waals surface area contributed by atoms with Gasteiger partial charge in [0.25, 0.3) is 5.91 Å². The molecule has 8 heteroatoms. The molecular weight excluding hydrogens is 356 g/mol. The number of carbonyl (C=O) groups excluding carboxylic acids is 1. The molecule has 122 valence electrons. The second kappa shape index (κ2) is 6.62. The minimum absolute atomic E-state index is 0.121. The summed E-state index contributed by atoms with van der Waals surface area (Å²) in [6, 6.07) is 8.64. The van der Waals surface area contributed by atoms with Crippen LogP contribution < -0.4 is 5.32 Å². The van der Waals surface area contributed by atoms with Crippen molar-refractivity contribution in [2.75, 3.05) is 5.32 Å². The van der Waals surface area contributed by atoms with Gasteiger partial charge < -0.3 is 0 Å². The number of rotatable bonds is 3. The third-order valence-corrected chi connectivity index (χ3v) is 4.39. The summed E-state index contributed by atoms with van der Waals surface area (Å²) in [4.78, 5) is 12.0. The Morgan fingerprint density at radius 3 is 2.58 bits per heavy atom. The lowest BCUT2D eigenvalue weighted by molar-refractivity contribution is 0.101. The van der Waals surface area contributed by atoms with E-state index in [2.05, 4.69) is 15.5 Å². The van der Waals surface area contributed by atoms with E-state index in [9.17, 15) is 13.6 Å². The summed E-state index contributed by atoms with van der Waals surface area (Å²) in [7, 11) is 0. The number of aromatic nitrogens is 2. The van der Waals surface area contributed by atoms with E-state index < -0.39 is 23.1 Å². The first-order valence-electron chi connectivity index (χ1n) is 6.81. The van der Waals surface area contributed by atoms with E-state index in [4.69, 9.17) is 11.6 Å². The highest BCUT2D eigenvalue weighted by Gasteiger charge is 2.19. The van der Waals surface area contributed by atoms with Crippen molar-refractivity contribution in [3.63, 3.8) is 0 Å². The van der Waals surface area contributed by atoms with Crippen LogP contribution in [0, 0.1) is 18.6 Å². The number of hydrogen-bond donors (Lipinski definition) is 1. The lowest BCUT2D eigenvalue weighted by Crippen LogP contribution is -2.15. The minimum Gasteiger partial charge on any atom is -0.296 e. The van der Waals surface area contributed by atoms with Crippen LogP contribution in [0.3, 0.4) is 0 Å². The van der Waals surface area contributed by atoms with Gasteiger partial charge in [-0.2, -0.15) is 0 Å². The van der Waals surface area contributed by atoms with Crippen LogP contribution in [0.1, 0.15) is 15.9 Å². The Hall–Kier alpha value is -2.38. The van der Waals surface area contributed by atoms with Crippen molar-refractivity contribution in [3.05, 3.63) is 64.2 Å². The Morgan fingerprint density at radius 1 is 1.17 bits per heavy atom. The van der Waals surface area contributed by atoms with Crippen LogP contribution in [0.15, 0.2) is 36.4 Å². The number of halogens is 3. The third kappa shape index (κ3) is 3.27. The average Bonchev–Trinajstić information content (AvgIpc) is 2.97. The SMILES string of the molecule is Cc1ccc(Cl)c(-c2nnc(NC(=O)c3c(F)cccc3F)s2)c1. The molecule has 2 aromatic carbocycles. The highest BCUT2D eigenvalue weighted by atomic mass is 35.5. The van der Waals surface area contributed by atoms with E-state index in [0.29, 0.717) is 15.6 Å². The van der Waals surface area contributed by atoms with Gasteiger partial charge in [0.1, 0.15) is 17.2 Å². The van der Waals surface area contributed by atoms with Gasteiger partial charge in [0.05, 0.1) is 5.02 Å². The van der Waals surface area contributed by atoms with Gasteiger partial charge in [0.15, 0.2) is 5.01 Å². The molecule has 0 radical (unpaired) electrons. The first-order valence-corrected chi connectivity index (χ1v) is 8.00. The van der Waals surface area contributed by atoms with E-state index >= 15 is 0 Å². The van der Waals surface area contributed by atoms with Crippen LogP contribution in [0.2, 0.25) is 5.02 Å². The van der Waals surface area contributed by atoms with Crippen molar-refractivity contribution in [3.8, 4) is 10.6 Å². The Kier molecular flexibility index (Phi) is 4.55. The van der Waals surface area contributed by atoms with Crippen LogP contribution in [0.25, 0.3) is 10.6 Å². The monoisotopic (exact) mass is 365 g/mol. The molecule has 24 heavy (non-hydrogen) atoms. The van der Waals surface area contributed by atoms with Gasteiger partial charge in [-0.25, -0.2) is 8.78 Å². The lowest BCUT2D eigenvalue weighted by Gasteiger charge is -2.03. The van der Waals surface area contributed by atoms with Crippen molar-refractivity contribution >= 4 is 34.0 Å². The highest BCUT2D eigenvalue weighted by molar-refractivity contribution is 7.18. The maximum atomic E-state index is 13.6. The molecule has 0 atom stereocenters. The fourth-order valence-electron chi connectivity index (χ4n) is 2.06. The molecule has 1 N–H and O–H groups in total. The number of carbonyl (C=O) groups is 1. The quantitative estimate of drug-likeness (QED) is 0.732. The Morgan fingerprint density at radius 2 is 1.88 bits per heavy atom. The van der Waals surface area contributed by atoms with Gasteiger partial charge >= 0.3 is 0 Å². The number of nitrogens with zero attached hydrogens (tertiary/aromatic N) is 2. The highest BCUT2D eigenvalue weighted by Crippen LogP contribution is 2.32. The van der Waals surface area contributed by atoms with E-state index in [0.717, 1.165) is 29.0 Å². The summed E-state index contributed by atoms with van der Waals surface area (Å²) in [6.45, 7) is 1.91.